The summed E-state index contributed by atoms with van der Waals surface area (Å²) >= 11 is 0. The monoisotopic (exact) mass is 439 g/mol. The van der Waals surface area contributed by atoms with Crippen molar-refractivity contribution in [3.05, 3.63) is 72.5 Å². The number of aryl methyl sites for hydroxylation is 1. The zero-order valence-corrected chi connectivity index (χ0v) is 22.0. The summed E-state index contributed by atoms with van der Waals surface area (Å²) in [5, 5.41) is 0. The van der Waals surface area contributed by atoms with Crippen molar-refractivity contribution in [3.8, 4) is 0 Å². The molecule has 5 heteroatoms. The second-order valence-electron chi connectivity index (χ2n) is 7.61. The molecule has 0 fully saturated rings. The van der Waals surface area contributed by atoms with Gasteiger partial charge in [0.05, 0.1) is 0 Å². The minimum atomic E-state index is 0.501. The van der Waals surface area contributed by atoms with Gasteiger partial charge in [0.2, 0.25) is 0 Å². The molecule has 0 amide bonds. The van der Waals surface area contributed by atoms with Gasteiger partial charge in [-0.3, -0.25) is 4.99 Å². The van der Waals surface area contributed by atoms with Gasteiger partial charge >= 0.3 is 0 Å². The highest BCUT2D eigenvalue weighted by Crippen LogP contribution is 2.11. The van der Waals surface area contributed by atoms with Gasteiger partial charge in [0.25, 0.3) is 0 Å². The van der Waals surface area contributed by atoms with E-state index in [1.54, 1.807) is 31.1 Å². The molecule has 0 aliphatic heterocycles. The Balaban J connectivity index is 0. The lowest BCUT2D eigenvalue weighted by atomic mass is 10.1. The van der Waals surface area contributed by atoms with Crippen LogP contribution in [0, 0.1) is 5.92 Å². The average Bonchev–Trinajstić information content (AvgIpc) is 2.82. The Bertz CT molecular complexity index is 763. The molecule has 0 atom stereocenters. The van der Waals surface area contributed by atoms with Crippen LogP contribution in [0.1, 0.15) is 98.2 Å². The second-order valence-corrected chi connectivity index (χ2v) is 7.61. The predicted molar refractivity (Wildman–Crippen MR) is 140 cm³/mol. The maximum Gasteiger partial charge on any atom is 0.115 e. The summed E-state index contributed by atoms with van der Waals surface area (Å²) in [4.78, 5) is 20.4. The van der Waals surface area contributed by atoms with Crippen LogP contribution in [0.4, 0.5) is 0 Å². The molecule has 2 aromatic rings. The summed E-state index contributed by atoms with van der Waals surface area (Å²) in [5.74, 6) is 1.51. The fourth-order valence-corrected chi connectivity index (χ4v) is 2.26. The van der Waals surface area contributed by atoms with E-state index in [2.05, 4.69) is 86.0 Å². The minimum Gasteiger partial charge on any atom is -0.261 e. The number of rotatable bonds is 6. The van der Waals surface area contributed by atoms with Crippen molar-refractivity contribution in [3.63, 3.8) is 0 Å². The molecule has 0 aliphatic rings. The molecular weight excluding hydrogens is 394 g/mol. The molecule has 0 bridgehead atoms. The van der Waals surface area contributed by atoms with E-state index in [9.17, 15) is 0 Å². The van der Waals surface area contributed by atoms with E-state index in [0.29, 0.717) is 17.8 Å². The topological polar surface area (TPSA) is 63.9 Å². The van der Waals surface area contributed by atoms with Gasteiger partial charge in [-0.2, -0.15) is 0 Å². The summed E-state index contributed by atoms with van der Waals surface area (Å²) < 4.78 is 0. The smallest absolute Gasteiger partial charge is 0.115 e. The Hall–Kier alpha value is -2.69. The van der Waals surface area contributed by atoms with E-state index in [0.717, 1.165) is 29.2 Å². The highest BCUT2D eigenvalue weighted by molar-refractivity contribution is 5.71. The molecule has 2 aromatic heterocycles. The van der Waals surface area contributed by atoms with Crippen molar-refractivity contribution in [1.82, 2.24) is 19.9 Å². The Morgan fingerprint density at radius 3 is 1.94 bits per heavy atom. The first-order chi connectivity index (χ1) is 15.3. The van der Waals surface area contributed by atoms with Crippen LogP contribution >= 0.6 is 0 Å². The lowest BCUT2D eigenvalue weighted by Gasteiger charge is -2.03. The van der Waals surface area contributed by atoms with Crippen LogP contribution in [0.3, 0.4) is 0 Å². The molecule has 0 radical (unpaired) electrons. The van der Waals surface area contributed by atoms with Gasteiger partial charge in [-0.15, -0.1) is 0 Å². The third-order valence-corrected chi connectivity index (χ3v) is 4.11. The normalized spacial score (nSPS) is 10.7. The summed E-state index contributed by atoms with van der Waals surface area (Å²) in [6, 6.07) is 4.01. The molecule has 0 aromatic carbocycles. The fourth-order valence-electron chi connectivity index (χ4n) is 2.26. The average molecular weight is 440 g/mol. The van der Waals surface area contributed by atoms with Crippen LogP contribution in [-0.2, 0) is 6.42 Å². The molecule has 0 spiro atoms. The SMILES string of the molecule is C=CC=N/C(=C\C)C(C)C.CC.CC(C)c1ccncn1.CCc1cc(C(C)C)ncn1. The molecule has 5 nitrogen and oxygen atoms in total. The minimum absolute atomic E-state index is 0.501. The summed E-state index contributed by atoms with van der Waals surface area (Å²) in [7, 11) is 0. The summed E-state index contributed by atoms with van der Waals surface area (Å²) in [5.41, 5.74) is 4.48. The zero-order valence-electron chi connectivity index (χ0n) is 22.0. The summed E-state index contributed by atoms with van der Waals surface area (Å²) in [6.45, 7) is 24.4. The molecule has 0 aliphatic carbocycles. The maximum absolute atomic E-state index is 4.18. The van der Waals surface area contributed by atoms with Crippen molar-refractivity contribution >= 4 is 6.21 Å². The van der Waals surface area contributed by atoms with Gasteiger partial charge in [0, 0.05) is 35.2 Å². The Morgan fingerprint density at radius 2 is 1.56 bits per heavy atom. The first-order valence-corrected chi connectivity index (χ1v) is 11.6. The Kier molecular flexibility index (Phi) is 19.9. The third kappa shape index (κ3) is 15.2. The van der Waals surface area contributed by atoms with Crippen LogP contribution in [0.5, 0.6) is 0 Å². The van der Waals surface area contributed by atoms with E-state index < -0.39 is 0 Å². The molecular formula is C27H45N5. The molecule has 2 heterocycles. The Labute approximate surface area is 197 Å². The van der Waals surface area contributed by atoms with Crippen LogP contribution in [0.15, 0.2) is 60.4 Å². The van der Waals surface area contributed by atoms with Gasteiger partial charge < -0.3 is 0 Å². The van der Waals surface area contributed by atoms with E-state index in [1.807, 2.05) is 32.9 Å². The second kappa shape index (κ2) is 20.2. The molecule has 0 saturated carbocycles. The predicted octanol–water partition coefficient (Wildman–Crippen LogP) is 7.59. The van der Waals surface area contributed by atoms with Crippen molar-refractivity contribution in [2.75, 3.05) is 0 Å². The van der Waals surface area contributed by atoms with Crippen molar-refractivity contribution in [2.24, 2.45) is 10.9 Å². The zero-order chi connectivity index (χ0) is 24.9. The van der Waals surface area contributed by atoms with E-state index in [1.165, 1.54) is 0 Å². The number of aromatic nitrogens is 4. The number of hydrogen-bond donors (Lipinski definition) is 0. The van der Waals surface area contributed by atoms with Crippen molar-refractivity contribution in [2.45, 2.75) is 87.5 Å². The third-order valence-electron chi connectivity index (χ3n) is 4.11. The fraction of sp³-hybridized carbons (Fsp3) is 0.519. The highest BCUT2D eigenvalue weighted by Gasteiger charge is 2.00. The molecule has 2 rings (SSSR count). The first-order valence-electron chi connectivity index (χ1n) is 11.6. The van der Waals surface area contributed by atoms with Gasteiger partial charge in [-0.05, 0) is 43.2 Å². The van der Waals surface area contributed by atoms with Gasteiger partial charge in [0.15, 0.2) is 0 Å². The quantitative estimate of drug-likeness (QED) is 0.435. The van der Waals surface area contributed by atoms with Gasteiger partial charge in [0.1, 0.15) is 12.7 Å². The maximum atomic E-state index is 4.18. The standard InChI is InChI=1S/C9H14N2.C9H15N.C7H10N2.C2H6/c1-4-8-5-9(7(2)3)11-6-10-8;1-5-7-10-9(6-2)8(3)4;1-6(2)7-3-4-8-5-9-7;1-2/h5-7H,4H2,1-3H3;5-8H,1H2,2-4H3;3-6H,1-2H3;1-2H3/b;9-6-,10-7?;;. The molecule has 0 saturated heterocycles. The number of hydrogen-bond acceptors (Lipinski definition) is 5. The number of allylic oxidation sites excluding steroid dienone is 3. The van der Waals surface area contributed by atoms with Gasteiger partial charge in [-0.1, -0.05) is 81.0 Å². The van der Waals surface area contributed by atoms with Crippen molar-refractivity contribution in [1.29, 1.82) is 0 Å². The first kappa shape index (κ1) is 31.5. The van der Waals surface area contributed by atoms with Gasteiger partial charge in [-0.25, -0.2) is 19.9 Å². The number of nitrogens with zero attached hydrogens (tertiary/aromatic N) is 5. The largest absolute Gasteiger partial charge is 0.261 e. The lowest BCUT2D eigenvalue weighted by Crippen LogP contribution is -1.96. The van der Waals surface area contributed by atoms with E-state index >= 15 is 0 Å². The van der Waals surface area contributed by atoms with Crippen LogP contribution in [0.2, 0.25) is 0 Å². The number of aliphatic imine (C=N–C) groups is 1. The van der Waals surface area contributed by atoms with E-state index in [4.69, 9.17) is 0 Å². The summed E-state index contributed by atoms with van der Waals surface area (Å²) in [6.07, 6.45) is 11.4. The highest BCUT2D eigenvalue weighted by atomic mass is 14.8. The van der Waals surface area contributed by atoms with E-state index in [-0.39, 0.29) is 0 Å². The molecule has 0 N–H and O–H groups in total. The molecule has 32 heavy (non-hydrogen) atoms. The lowest BCUT2D eigenvalue weighted by molar-refractivity contribution is 0.757. The molecule has 0 unspecified atom stereocenters. The van der Waals surface area contributed by atoms with Crippen LogP contribution < -0.4 is 0 Å². The van der Waals surface area contributed by atoms with Crippen LogP contribution in [0.25, 0.3) is 0 Å². The molecule has 178 valence electrons. The van der Waals surface area contributed by atoms with Crippen molar-refractivity contribution < 1.29 is 0 Å². The Morgan fingerprint density at radius 1 is 0.969 bits per heavy atom. The van der Waals surface area contributed by atoms with Crippen LogP contribution in [-0.4, -0.2) is 26.2 Å².